The number of nitrogens with zero attached hydrogens (tertiary/aromatic N) is 3. The molecule has 38 heavy (non-hydrogen) atoms. The van der Waals surface area contributed by atoms with E-state index in [-0.39, 0.29) is 60.0 Å². The fraction of sp³-hybridized carbons (Fsp3) is 0.607. The van der Waals surface area contributed by atoms with Crippen molar-refractivity contribution in [2.45, 2.75) is 89.8 Å². The maximum atomic E-state index is 13.6. The van der Waals surface area contributed by atoms with Crippen LogP contribution in [0.4, 0.5) is 4.39 Å². The number of carbonyl (C=O) groups is 2. The van der Waals surface area contributed by atoms with Crippen LogP contribution in [0.3, 0.4) is 0 Å². The zero-order chi connectivity index (χ0) is 27.1. The second-order valence-electron chi connectivity index (χ2n) is 10.6. The number of carbonyl (C=O) groups excluding carboxylic acids is 1. The summed E-state index contributed by atoms with van der Waals surface area (Å²) in [6.07, 6.45) is 3.88. The number of aliphatic hydroxyl groups excluding tert-OH is 2. The monoisotopic (exact) mass is 541 g/mol. The number of rotatable bonds is 12. The van der Waals surface area contributed by atoms with Crippen LogP contribution in [0.25, 0.3) is 5.69 Å². The molecule has 1 fully saturated rings. The van der Waals surface area contributed by atoms with Gasteiger partial charge in [-0.25, -0.2) is 9.07 Å². The Morgan fingerprint density at radius 2 is 1.74 bits per heavy atom. The van der Waals surface area contributed by atoms with Gasteiger partial charge in [0.1, 0.15) is 5.82 Å². The summed E-state index contributed by atoms with van der Waals surface area (Å²) in [5.41, 5.74) is 2.48. The number of hydrogen-bond donors (Lipinski definition) is 3. The number of halogens is 1. The van der Waals surface area contributed by atoms with E-state index in [2.05, 4.69) is 0 Å². The van der Waals surface area contributed by atoms with Gasteiger partial charge in [-0.1, -0.05) is 33.1 Å². The van der Waals surface area contributed by atoms with E-state index in [4.69, 9.17) is 10.2 Å². The summed E-state index contributed by atoms with van der Waals surface area (Å²) in [5, 5.41) is 34.0. The first-order chi connectivity index (χ1) is 17.6. The predicted molar refractivity (Wildman–Crippen MR) is 145 cm³/mol. The van der Waals surface area contributed by atoms with Crippen LogP contribution in [-0.4, -0.2) is 97.2 Å². The molecule has 3 N–H and O–H groups in total. The molecular weight excluding hydrogens is 500 g/mol. The second kappa shape index (κ2) is 15.1. The van der Waals surface area contributed by atoms with E-state index in [0.29, 0.717) is 30.3 Å². The van der Waals surface area contributed by atoms with Crippen molar-refractivity contribution >= 4 is 41.4 Å². The van der Waals surface area contributed by atoms with E-state index in [1.54, 1.807) is 21.7 Å². The molecule has 8 nitrogen and oxygen atoms in total. The molecule has 1 aliphatic rings. The van der Waals surface area contributed by atoms with Gasteiger partial charge in [-0.15, -0.1) is 0 Å². The SMILES string of the molecule is CC(C)c1c(C(=O)N(C)CC2CCCCC2)nn(-c2ccc(F)cc2)c1CC[C@@H](O)C[C@@H](O)CC(=O)O.[NaH]. The zero-order valence-electron chi connectivity index (χ0n) is 22.1. The molecule has 1 aromatic heterocycles. The van der Waals surface area contributed by atoms with Gasteiger partial charge < -0.3 is 20.2 Å². The van der Waals surface area contributed by atoms with Crippen molar-refractivity contribution in [1.29, 1.82) is 0 Å². The number of aliphatic carboxylic acids is 1. The molecule has 0 unspecified atom stereocenters. The predicted octanol–water partition coefficient (Wildman–Crippen LogP) is 3.66. The molecule has 3 rings (SSSR count). The summed E-state index contributed by atoms with van der Waals surface area (Å²) in [6.45, 7) is 4.65. The molecule has 10 heteroatoms. The summed E-state index contributed by atoms with van der Waals surface area (Å²) in [4.78, 5) is 26.2. The third-order valence-electron chi connectivity index (χ3n) is 7.15. The van der Waals surface area contributed by atoms with E-state index < -0.39 is 24.6 Å². The number of carboxylic acid groups (broad SMARTS) is 1. The maximum absolute atomic E-state index is 13.6. The van der Waals surface area contributed by atoms with Crippen LogP contribution in [0.15, 0.2) is 24.3 Å². The summed E-state index contributed by atoms with van der Waals surface area (Å²) in [7, 11) is 1.81. The summed E-state index contributed by atoms with van der Waals surface area (Å²) in [5.74, 6) is -1.23. The van der Waals surface area contributed by atoms with Crippen molar-refractivity contribution < 1.29 is 29.3 Å². The third-order valence-corrected chi connectivity index (χ3v) is 7.15. The molecule has 1 aromatic carbocycles. The molecule has 1 aliphatic carbocycles. The number of carboxylic acids is 1. The molecule has 0 aliphatic heterocycles. The van der Waals surface area contributed by atoms with Gasteiger partial charge in [-0.05, 0) is 68.2 Å². The van der Waals surface area contributed by atoms with Gasteiger partial charge in [-0.3, -0.25) is 9.59 Å². The first-order valence-corrected chi connectivity index (χ1v) is 13.3. The van der Waals surface area contributed by atoms with Crippen molar-refractivity contribution in [1.82, 2.24) is 14.7 Å². The fourth-order valence-corrected chi connectivity index (χ4v) is 5.31. The van der Waals surface area contributed by atoms with E-state index in [9.17, 15) is 24.2 Å². The van der Waals surface area contributed by atoms with Crippen LogP contribution in [0.1, 0.15) is 92.9 Å². The van der Waals surface area contributed by atoms with Crippen LogP contribution in [0, 0.1) is 11.7 Å². The molecule has 0 radical (unpaired) electrons. The van der Waals surface area contributed by atoms with Crippen molar-refractivity contribution in [3.05, 3.63) is 47.0 Å². The molecule has 0 bridgehead atoms. The number of hydrogen-bond acceptors (Lipinski definition) is 5. The van der Waals surface area contributed by atoms with Crippen molar-refractivity contribution in [3.63, 3.8) is 0 Å². The Morgan fingerprint density at radius 1 is 1.11 bits per heavy atom. The van der Waals surface area contributed by atoms with Crippen LogP contribution < -0.4 is 0 Å². The molecular formula is C28H41FN3NaO5. The Morgan fingerprint density at radius 3 is 2.32 bits per heavy atom. The molecule has 1 saturated carbocycles. The van der Waals surface area contributed by atoms with Crippen molar-refractivity contribution in [2.75, 3.05) is 13.6 Å². The number of benzene rings is 1. The Bertz CT molecular complexity index is 1050. The fourth-order valence-electron chi connectivity index (χ4n) is 5.31. The molecule has 1 amide bonds. The molecule has 1 heterocycles. The first kappa shape index (κ1) is 32.4. The van der Waals surface area contributed by atoms with Gasteiger partial charge in [0.25, 0.3) is 5.91 Å². The van der Waals surface area contributed by atoms with Gasteiger partial charge in [0, 0.05) is 24.8 Å². The zero-order valence-corrected chi connectivity index (χ0v) is 22.1. The van der Waals surface area contributed by atoms with E-state index in [1.165, 1.54) is 31.4 Å². The number of aliphatic hydroxyl groups is 2. The van der Waals surface area contributed by atoms with Crippen LogP contribution >= 0.6 is 0 Å². The second-order valence-corrected chi connectivity index (χ2v) is 10.6. The van der Waals surface area contributed by atoms with Crippen molar-refractivity contribution in [2.24, 2.45) is 5.92 Å². The topological polar surface area (TPSA) is 116 Å². The first-order valence-electron chi connectivity index (χ1n) is 13.3. The van der Waals surface area contributed by atoms with Gasteiger partial charge in [-0.2, -0.15) is 5.10 Å². The quantitative estimate of drug-likeness (QED) is 0.353. The van der Waals surface area contributed by atoms with Crippen molar-refractivity contribution in [3.8, 4) is 5.69 Å². The minimum absolute atomic E-state index is 0. The van der Waals surface area contributed by atoms with E-state index in [0.717, 1.165) is 24.1 Å². The standard InChI is InChI=1S/C28H40FN3O5.Na.H/c1-18(2)26-24(14-13-22(33)15-23(34)16-25(35)36)32(21-11-9-20(29)10-12-21)30-27(26)28(37)31(3)17-19-7-5-4-6-8-19;;/h9-12,18-19,22-23,33-34H,4-8,13-17H2,1-3H3,(H,35,36);;/t22-,23-;;/m1../s1. The third kappa shape index (κ3) is 8.88. The summed E-state index contributed by atoms with van der Waals surface area (Å²) in [6, 6.07) is 5.87. The number of amides is 1. The van der Waals surface area contributed by atoms with Gasteiger partial charge in [0.15, 0.2) is 5.69 Å². The molecule has 2 aromatic rings. The average molecular weight is 542 g/mol. The van der Waals surface area contributed by atoms with Crippen LogP contribution in [0.5, 0.6) is 0 Å². The van der Waals surface area contributed by atoms with E-state index >= 15 is 0 Å². The number of aromatic nitrogens is 2. The van der Waals surface area contributed by atoms with Gasteiger partial charge in [0.05, 0.1) is 24.3 Å². The Balaban J connectivity index is 0.00000507. The van der Waals surface area contributed by atoms with Gasteiger partial charge >= 0.3 is 35.5 Å². The average Bonchev–Trinajstić information content (AvgIpc) is 3.22. The summed E-state index contributed by atoms with van der Waals surface area (Å²) < 4.78 is 15.3. The molecule has 2 atom stereocenters. The Labute approximate surface area is 246 Å². The Hall–Kier alpha value is -1.78. The molecule has 0 saturated heterocycles. The Kier molecular flexibility index (Phi) is 12.9. The molecule has 206 valence electrons. The minimum atomic E-state index is -1.15. The normalized spacial score (nSPS) is 15.7. The van der Waals surface area contributed by atoms with Gasteiger partial charge in [0.2, 0.25) is 0 Å². The van der Waals surface area contributed by atoms with Crippen LogP contribution in [0.2, 0.25) is 0 Å². The molecule has 0 spiro atoms. The van der Waals surface area contributed by atoms with E-state index in [1.807, 2.05) is 20.9 Å². The summed E-state index contributed by atoms with van der Waals surface area (Å²) >= 11 is 0. The van der Waals surface area contributed by atoms with Crippen LogP contribution in [-0.2, 0) is 11.2 Å².